The average Bonchev–Trinajstić information content (AvgIpc) is 2.45. The summed E-state index contributed by atoms with van der Waals surface area (Å²) in [7, 11) is 0. The van der Waals surface area contributed by atoms with Gasteiger partial charge in [-0.3, -0.25) is 0 Å². The second-order valence-electron chi connectivity index (χ2n) is 4.93. The highest BCUT2D eigenvalue weighted by Crippen LogP contribution is 2.28. The van der Waals surface area contributed by atoms with Crippen LogP contribution in [-0.2, 0) is 11.3 Å². The van der Waals surface area contributed by atoms with Gasteiger partial charge in [-0.05, 0) is 23.8 Å². The van der Waals surface area contributed by atoms with Crippen molar-refractivity contribution < 1.29 is 19.7 Å². The maximum Gasteiger partial charge on any atom is 0.341 e. The number of carboxylic acid groups (broad SMARTS) is 1. The molecule has 0 fully saturated rings. The predicted molar refractivity (Wildman–Crippen MR) is 80.5 cm³/mol. The summed E-state index contributed by atoms with van der Waals surface area (Å²) in [6.07, 6.45) is -0.441. The first kappa shape index (κ1) is 15.3. The molecule has 21 heavy (non-hydrogen) atoms. The molecular formula is C16H19NO4. The van der Waals surface area contributed by atoms with E-state index >= 15 is 0 Å². The molecule has 0 radical (unpaired) electrons. The first-order valence-corrected chi connectivity index (χ1v) is 6.82. The van der Waals surface area contributed by atoms with Crippen LogP contribution >= 0.6 is 0 Å². The zero-order valence-electron chi connectivity index (χ0n) is 11.9. The van der Waals surface area contributed by atoms with E-state index in [-0.39, 0.29) is 6.61 Å². The van der Waals surface area contributed by atoms with Gasteiger partial charge >= 0.3 is 5.97 Å². The molecule has 0 aliphatic heterocycles. The third-order valence-electron chi connectivity index (χ3n) is 3.09. The van der Waals surface area contributed by atoms with Gasteiger partial charge in [-0.1, -0.05) is 30.3 Å². The Hall–Kier alpha value is -2.11. The lowest BCUT2D eigenvalue weighted by Crippen LogP contribution is -2.24. The van der Waals surface area contributed by atoms with Gasteiger partial charge in [0, 0.05) is 18.7 Å². The number of fused-ring (bicyclic) bond motifs is 1. The standard InChI is InChI=1S/C16H19NO4/c1-11(18)8-17-9-14-13-5-3-2-4-12(13)6-7-15(14)21-10-16(19)20/h2-7,11,17-18H,8-10H2,1H3,(H,19,20)/t11-/m0/s1. The molecule has 0 aliphatic carbocycles. The lowest BCUT2D eigenvalue weighted by atomic mass is 10.0. The summed E-state index contributed by atoms with van der Waals surface area (Å²) in [5.41, 5.74) is 0.898. The number of hydrogen-bond donors (Lipinski definition) is 3. The summed E-state index contributed by atoms with van der Waals surface area (Å²) < 4.78 is 5.36. The summed E-state index contributed by atoms with van der Waals surface area (Å²) in [6.45, 7) is 2.29. The molecule has 5 heteroatoms. The number of carboxylic acids is 1. The van der Waals surface area contributed by atoms with E-state index in [2.05, 4.69) is 5.32 Å². The van der Waals surface area contributed by atoms with Gasteiger partial charge < -0.3 is 20.3 Å². The van der Waals surface area contributed by atoms with Gasteiger partial charge in [-0.25, -0.2) is 4.79 Å². The molecule has 0 aliphatic rings. The summed E-state index contributed by atoms with van der Waals surface area (Å²) in [6, 6.07) is 11.5. The number of rotatable bonds is 7. The molecule has 0 bridgehead atoms. The Morgan fingerprint density at radius 2 is 2.05 bits per heavy atom. The largest absolute Gasteiger partial charge is 0.482 e. The molecule has 0 saturated carbocycles. The summed E-state index contributed by atoms with van der Waals surface area (Å²) in [4.78, 5) is 10.7. The Bertz CT molecular complexity index is 625. The maximum atomic E-state index is 10.7. The second-order valence-corrected chi connectivity index (χ2v) is 4.93. The Balaban J connectivity index is 2.30. The normalized spacial score (nSPS) is 12.3. The lowest BCUT2D eigenvalue weighted by Gasteiger charge is -2.14. The average molecular weight is 289 g/mol. The van der Waals surface area contributed by atoms with Crippen molar-refractivity contribution in [2.45, 2.75) is 19.6 Å². The third kappa shape index (κ3) is 4.18. The number of ether oxygens (including phenoxy) is 1. The van der Waals surface area contributed by atoms with E-state index in [1.807, 2.05) is 30.3 Å². The van der Waals surface area contributed by atoms with E-state index in [9.17, 15) is 9.90 Å². The van der Waals surface area contributed by atoms with Crippen molar-refractivity contribution in [1.82, 2.24) is 5.32 Å². The van der Waals surface area contributed by atoms with Crippen LogP contribution in [0.1, 0.15) is 12.5 Å². The van der Waals surface area contributed by atoms with Crippen LogP contribution in [0.25, 0.3) is 10.8 Å². The first-order valence-electron chi connectivity index (χ1n) is 6.82. The molecular weight excluding hydrogens is 270 g/mol. The van der Waals surface area contributed by atoms with Crippen molar-refractivity contribution in [3.63, 3.8) is 0 Å². The van der Waals surface area contributed by atoms with Crippen LogP contribution in [0.3, 0.4) is 0 Å². The van der Waals surface area contributed by atoms with Crippen molar-refractivity contribution in [2.24, 2.45) is 0 Å². The summed E-state index contributed by atoms with van der Waals surface area (Å²) in [5, 5.41) is 23.3. The van der Waals surface area contributed by atoms with Crippen LogP contribution in [0.4, 0.5) is 0 Å². The SMILES string of the molecule is C[C@H](O)CNCc1c(OCC(=O)O)ccc2ccccc12. The fraction of sp³-hybridized carbons (Fsp3) is 0.312. The molecule has 2 rings (SSSR count). The van der Waals surface area contributed by atoms with Crippen LogP contribution in [0.5, 0.6) is 5.75 Å². The first-order chi connectivity index (χ1) is 10.1. The molecule has 0 spiro atoms. The fourth-order valence-electron chi connectivity index (χ4n) is 2.18. The minimum Gasteiger partial charge on any atom is -0.482 e. The quantitative estimate of drug-likeness (QED) is 0.724. The zero-order chi connectivity index (χ0) is 15.2. The minimum atomic E-state index is -1.01. The maximum absolute atomic E-state index is 10.7. The molecule has 2 aromatic carbocycles. The van der Waals surface area contributed by atoms with Crippen molar-refractivity contribution >= 4 is 16.7 Å². The monoisotopic (exact) mass is 289 g/mol. The molecule has 0 saturated heterocycles. The number of aliphatic carboxylic acids is 1. The fourth-order valence-corrected chi connectivity index (χ4v) is 2.18. The topological polar surface area (TPSA) is 78.8 Å². The third-order valence-corrected chi connectivity index (χ3v) is 3.09. The van der Waals surface area contributed by atoms with Crippen molar-refractivity contribution in [1.29, 1.82) is 0 Å². The lowest BCUT2D eigenvalue weighted by molar-refractivity contribution is -0.139. The Kier molecular flexibility index (Phi) is 5.14. The minimum absolute atomic E-state index is 0.373. The predicted octanol–water partition coefficient (Wildman–Crippen LogP) is 1.77. The number of aliphatic hydroxyl groups excluding tert-OH is 1. The zero-order valence-corrected chi connectivity index (χ0v) is 11.9. The van der Waals surface area contributed by atoms with Crippen molar-refractivity contribution in [3.8, 4) is 5.75 Å². The van der Waals surface area contributed by atoms with Gasteiger partial charge in [-0.2, -0.15) is 0 Å². The van der Waals surface area contributed by atoms with E-state index in [4.69, 9.17) is 9.84 Å². The molecule has 5 nitrogen and oxygen atoms in total. The van der Waals surface area contributed by atoms with Gasteiger partial charge in [0.05, 0.1) is 6.10 Å². The van der Waals surface area contributed by atoms with Crippen molar-refractivity contribution in [2.75, 3.05) is 13.2 Å². The highest BCUT2D eigenvalue weighted by Gasteiger charge is 2.10. The van der Waals surface area contributed by atoms with E-state index in [0.717, 1.165) is 16.3 Å². The number of hydrogen-bond acceptors (Lipinski definition) is 4. The molecule has 0 amide bonds. The number of nitrogens with one attached hydrogen (secondary N) is 1. The molecule has 112 valence electrons. The van der Waals surface area contributed by atoms with E-state index < -0.39 is 12.1 Å². The Labute approximate surface area is 123 Å². The van der Waals surface area contributed by atoms with Gasteiger partial charge in [-0.15, -0.1) is 0 Å². The molecule has 0 aromatic heterocycles. The van der Waals surface area contributed by atoms with Crippen LogP contribution in [-0.4, -0.2) is 35.4 Å². The molecule has 3 N–H and O–H groups in total. The Morgan fingerprint density at radius 3 is 2.76 bits per heavy atom. The van der Waals surface area contributed by atoms with Crippen LogP contribution in [0.2, 0.25) is 0 Å². The van der Waals surface area contributed by atoms with E-state index in [1.54, 1.807) is 13.0 Å². The molecule has 1 atom stereocenters. The highest BCUT2D eigenvalue weighted by molar-refractivity contribution is 5.87. The smallest absolute Gasteiger partial charge is 0.341 e. The van der Waals surface area contributed by atoms with E-state index in [1.165, 1.54) is 0 Å². The molecule has 0 heterocycles. The summed E-state index contributed by atoms with van der Waals surface area (Å²) in [5.74, 6) is -0.458. The molecule has 2 aromatic rings. The van der Waals surface area contributed by atoms with Gasteiger partial charge in [0.25, 0.3) is 0 Å². The molecule has 0 unspecified atom stereocenters. The van der Waals surface area contributed by atoms with Gasteiger partial charge in [0.15, 0.2) is 6.61 Å². The van der Waals surface area contributed by atoms with Gasteiger partial charge in [0.2, 0.25) is 0 Å². The van der Waals surface area contributed by atoms with E-state index in [0.29, 0.717) is 18.8 Å². The van der Waals surface area contributed by atoms with Gasteiger partial charge in [0.1, 0.15) is 5.75 Å². The Morgan fingerprint density at radius 1 is 1.29 bits per heavy atom. The van der Waals surface area contributed by atoms with Crippen LogP contribution in [0, 0.1) is 0 Å². The number of aliphatic hydroxyl groups is 1. The van der Waals surface area contributed by atoms with Crippen LogP contribution < -0.4 is 10.1 Å². The second kappa shape index (κ2) is 7.06. The number of benzene rings is 2. The van der Waals surface area contributed by atoms with Crippen molar-refractivity contribution in [3.05, 3.63) is 42.0 Å². The highest BCUT2D eigenvalue weighted by atomic mass is 16.5. The number of carbonyl (C=O) groups is 1. The van der Waals surface area contributed by atoms with Crippen LogP contribution in [0.15, 0.2) is 36.4 Å². The summed E-state index contributed by atoms with van der Waals surface area (Å²) >= 11 is 0.